The van der Waals surface area contributed by atoms with E-state index in [1.807, 2.05) is 0 Å². The minimum atomic E-state index is -0.817. The van der Waals surface area contributed by atoms with Gasteiger partial charge in [-0.15, -0.1) is 0 Å². The summed E-state index contributed by atoms with van der Waals surface area (Å²) in [5.74, 6) is -0.00424. The first-order valence-corrected chi connectivity index (χ1v) is 5.54. The van der Waals surface area contributed by atoms with E-state index >= 15 is 0 Å². The molecule has 0 bridgehead atoms. The maximum Gasteiger partial charge on any atom is 0.326 e. The van der Waals surface area contributed by atoms with Gasteiger partial charge in [-0.2, -0.15) is 5.10 Å². The predicted octanol–water partition coefficient (Wildman–Crippen LogP) is 1.00. The van der Waals surface area contributed by atoms with Gasteiger partial charge in [0.2, 0.25) is 0 Å². The average molecular weight is 232 g/mol. The lowest BCUT2D eigenvalue weighted by Crippen LogP contribution is -2.31. The minimum absolute atomic E-state index is 0.232. The van der Waals surface area contributed by atoms with Crippen LogP contribution in [-0.2, 0) is 4.79 Å². The molecule has 2 aromatic rings. The maximum absolute atomic E-state index is 11.1. The summed E-state index contributed by atoms with van der Waals surface area (Å²) < 4.78 is 1.64. The lowest BCUT2D eigenvalue weighted by Gasteiger charge is -2.13. The van der Waals surface area contributed by atoms with Crippen LogP contribution in [0.1, 0.15) is 12.8 Å². The highest BCUT2D eigenvalue weighted by Gasteiger charge is 2.36. The number of fused-ring (bicyclic) bond motifs is 1. The fraction of sp³-hybridized carbons (Fsp3) is 0.364. The molecule has 1 fully saturated rings. The Balaban J connectivity index is 1.85. The number of aliphatic carboxylic acids is 1. The van der Waals surface area contributed by atoms with E-state index < -0.39 is 12.0 Å². The molecule has 88 valence electrons. The Morgan fingerprint density at radius 1 is 1.53 bits per heavy atom. The lowest BCUT2D eigenvalue weighted by molar-refractivity contribution is -0.138. The van der Waals surface area contributed by atoms with Crippen molar-refractivity contribution in [2.24, 2.45) is 5.92 Å². The fourth-order valence-electron chi connectivity index (χ4n) is 1.86. The molecule has 1 unspecified atom stereocenters. The van der Waals surface area contributed by atoms with Crippen LogP contribution in [0.2, 0.25) is 0 Å². The number of carbonyl (C=O) groups is 1. The Morgan fingerprint density at radius 3 is 3.06 bits per heavy atom. The molecule has 2 heterocycles. The summed E-state index contributed by atoms with van der Waals surface area (Å²) in [6, 6.07) is 2.98. The zero-order chi connectivity index (χ0) is 11.8. The van der Waals surface area contributed by atoms with Gasteiger partial charge in [-0.1, -0.05) is 0 Å². The van der Waals surface area contributed by atoms with E-state index in [4.69, 9.17) is 5.11 Å². The highest BCUT2D eigenvalue weighted by Crippen LogP contribution is 2.34. The van der Waals surface area contributed by atoms with Crippen LogP contribution in [0.25, 0.3) is 5.65 Å². The van der Waals surface area contributed by atoms with Crippen LogP contribution in [0.15, 0.2) is 24.5 Å². The number of nitrogens with zero attached hydrogens (tertiary/aromatic N) is 3. The molecule has 1 saturated carbocycles. The van der Waals surface area contributed by atoms with Gasteiger partial charge in [0.15, 0.2) is 5.65 Å². The van der Waals surface area contributed by atoms with Crippen molar-refractivity contribution < 1.29 is 9.90 Å². The van der Waals surface area contributed by atoms with Gasteiger partial charge in [0.25, 0.3) is 0 Å². The van der Waals surface area contributed by atoms with Gasteiger partial charge in [-0.25, -0.2) is 14.3 Å². The maximum atomic E-state index is 11.1. The number of hydrogen-bond acceptors (Lipinski definition) is 4. The SMILES string of the molecule is O=C(O)C(Nc1ccn2nccc2n1)C1CC1. The molecule has 1 aliphatic carbocycles. The molecule has 2 aromatic heterocycles. The topological polar surface area (TPSA) is 79.5 Å². The zero-order valence-electron chi connectivity index (χ0n) is 9.08. The molecule has 0 aliphatic heterocycles. The summed E-state index contributed by atoms with van der Waals surface area (Å²) in [4.78, 5) is 15.4. The predicted molar refractivity (Wildman–Crippen MR) is 60.8 cm³/mol. The van der Waals surface area contributed by atoms with Crippen molar-refractivity contribution in [2.45, 2.75) is 18.9 Å². The van der Waals surface area contributed by atoms with E-state index in [-0.39, 0.29) is 5.92 Å². The van der Waals surface area contributed by atoms with E-state index in [0.717, 1.165) is 12.8 Å². The first kappa shape index (κ1) is 10.1. The van der Waals surface area contributed by atoms with Crippen LogP contribution in [0.4, 0.5) is 5.82 Å². The van der Waals surface area contributed by atoms with Gasteiger partial charge in [-0.05, 0) is 24.8 Å². The number of nitrogens with one attached hydrogen (secondary N) is 1. The number of hydrogen-bond donors (Lipinski definition) is 2. The molecule has 0 saturated heterocycles. The van der Waals surface area contributed by atoms with Crippen LogP contribution in [0, 0.1) is 5.92 Å². The third kappa shape index (κ3) is 1.93. The molecule has 0 spiro atoms. The molecule has 6 nitrogen and oxygen atoms in total. The number of anilines is 1. The summed E-state index contributed by atoms with van der Waals surface area (Å²) in [5, 5.41) is 16.1. The number of carboxylic acids is 1. The molecule has 0 radical (unpaired) electrons. The van der Waals surface area contributed by atoms with Crippen molar-refractivity contribution in [3.05, 3.63) is 24.5 Å². The first-order valence-electron chi connectivity index (χ1n) is 5.54. The smallest absolute Gasteiger partial charge is 0.326 e. The summed E-state index contributed by atoms with van der Waals surface area (Å²) in [6.45, 7) is 0. The number of rotatable bonds is 4. The lowest BCUT2D eigenvalue weighted by atomic mass is 10.2. The van der Waals surface area contributed by atoms with Gasteiger partial charge in [-0.3, -0.25) is 0 Å². The highest BCUT2D eigenvalue weighted by molar-refractivity contribution is 5.77. The second-order valence-corrected chi connectivity index (χ2v) is 4.24. The molecule has 17 heavy (non-hydrogen) atoms. The van der Waals surface area contributed by atoms with Gasteiger partial charge in [0, 0.05) is 12.3 Å². The first-order chi connectivity index (χ1) is 8.24. The van der Waals surface area contributed by atoms with Crippen LogP contribution in [-0.4, -0.2) is 31.7 Å². The molecule has 6 heteroatoms. The highest BCUT2D eigenvalue weighted by atomic mass is 16.4. The van der Waals surface area contributed by atoms with E-state index in [1.54, 1.807) is 29.0 Å². The monoisotopic (exact) mass is 232 g/mol. The van der Waals surface area contributed by atoms with Crippen LogP contribution in [0.3, 0.4) is 0 Å². The van der Waals surface area contributed by atoms with Crippen molar-refractivity contribution in [2.75, 3.05) is 5.32 Å². The number of carboxylic acid groups (broad SMARTS) is 1. The second kappa shape index (κ2) is 3.73. The van der Waals surface area contributed by atoms with E-state index in [0.29, 0.717) is 11.5 Å². The van der Waals surface area contributed by atoms with Crippen LogP contribution >= 0.6 is 0 Å². The molecule has 1 aliphatic rings. The van der Waals surface area contributed by atoms with Crippen molar-refractivity contribution in [3.8, 4) is 0 Å². The Bertz CT molecular complexity index is 561. The molecular weight excluding hydrogens is 220 g/mol. The molecule has 0 amide bonds. The van der Waals surface area contributed by atoms with Crippen LogP contribution < -0.4 is 5.32 Å². The van der Waals surface area contributed by atoms with Gasteiger partial charge >= 0.3 is 5.97 Å². The van der Waals surface area contributed by atoms with Gasteiger partial charge < -0.3 is 10.4 Å². The average Bonchev–Trinajstić information content (AvgIpc) is 3.03. The molecule has 0 aromatic carbocycles. The Morgan fingerprint density at radius 2 is 2.35 bits per heavy atom. The quantitative estimate of drug-likeness (QED) is 0.822. The normalized spacial score (nSPS) is 16.9. The largest absolute Gasteiger partial charge is 0.480 e. The van der Waals surface area contributed by atoms with E-state index in [1.165, 1.54) is 0 Å². The molecule has 3 rings (SSSR count). The van der Waals surface area contributed by atoms with Crippen molar-refractivity contribution >= 4 is 17.4 Å². The summed E-state index contributed by atoms with van der Waals surface area (Å²) >= 11 is 0. The summed E-state index contributed by atoms with van der Waals surface area (Å²) in [5.41, 5.74) is 0.704. The van der Waals surface area contributed by atoms with Gasteiger partial charge in [0.05, 0.1) is 6.20 Å². The van der Waals surface area contributed by atoms with E-state index in [9.17, 15) is 4.79 Å². The van der Waals surface area contributed by atoms with E-state index in [2.05, 4.69) is 15.4 Å². The Hall–Kier alpha value is -2.11. The summed E-state index contributed by atoms with van der Waals surface area (Å²) in [6.07, 6.45) is 5.36. The molecular formula is C11H12N4O2. The second-order valence-electron chi connectivity index (χ2n) is 4.24. The fourth-order valence-corrected chi connectivity index (χ4v) is 1.86. The van der Waals surface area contributed by atoms with Crippen LogP contribution in [0.5, 0.6) is 0 Å². The third-order valence-corrected chi connectivity index (χ3v) is 2.92. The molecule has 1 atom stereocenters. The number of aromatic nitrogens is 3. The Kier molecular flexibility index (Phi) is 2.21. The third-order valence-electron chi connectivity index (χ3n) is 2.92. The Labute approximate surface area is 97.3 Å². The van der Waals surface area contributed by atoms with Gasteiger partial charge in [0.1, 0.15) is 11.9 Å². The summed E-state index contributed by atoms with van der Waals surface area (Å²) in [7, 11) is 0. The van der Waals surface area contributed by atoms with Crippen molar-refractivity contribution in [1.29, 1.82) is 0 Å². The van der Waals surface area contributed by atoms with Crippen molar-refractivity contribution in [3.63, 3.8) is 0 Å². The standard InChI is InChI=1S/C11H12N4O2/c16-11(17)10(7-1-2-7)14-8-4-6-15-9(13-8)3-5-12-15/h3-7,10H,1-2H2,(H,13,14)(H,16,17). The molecule has 2 N–H and O–H groups in total. The zero-order valence-corrected chi connectivity index (χ0v) is 9.08. The minimum Gasteiger partial charge on any atom is -0.480 e. The van der Waals surface area contributed by atoms with Crippen molar-refractivity contribution in [1.82, 2.24) is 14.6 Å².